The quantitative estimate of drug-likeness (QED) is 0.863. The molecule has 110 valence electrons. The zero-order valence-electron chi connectivity index (χ0n) is 12.5. The lowest BCUT2D eigenvalue weighted by Gasteiger charge is -2.27. The molecule has 5 nitrogen and oxygen atoms in total. The Hall–Kier alpha value is -2.43. The lowest BCUT2D eigenvalue weighted by atomic mass is 10.0. The normalized spacial score (nSPS) is 12.0. The second-order valence-corrected chi connectivity index (χ2v) is 4.99. The Morgan fingerprint density at radius 2 is 2.14 bits per heavy atom. The van der Waals surface area contributed by atoms with Gasteiger partial charge in [0.15, 0.2) is 0 Å². The maximum Gasteiger partial charge on any atom is 0.255 e. The molecule has 0 radical (unpaired) electrons. The summed E-state index contributed by atoms with van der Waals surface area (Å²) in [6, 6.07) is 6.76. The van der Waals surface area contributed by atoms with Crippen molar-refractivity contribution in [1.82, 2.24) is 14.5 Å². The lowest BCUT2D eigenvalue weighted by molar-refractivity contribution is 0.0725. The highest BCUT2D eigenvalue weighted by atomic mass is 16.2. The highest BCUT2D eigenvalue weighted by Crippen LogP contribution is 2.23. The van der Waals surface area contributed by atoms with Crippen LogP contribution in [0.3, 0.4) is 0 Å². The standard InChI is InChI=1S/C16H19N3O2/c1-4-14(12-6-5-9-17-10-12)19(3)16(21)13-7-8-15(20)18(2)11-13/h5-11,14H,4H2,1-3H3. The fourth-order valence-electron chi connectivity index (χ4n) is 2.37. The number of carbonyl (C=O) groups excluding carboxylic acids is 1. The monoisotopic (exact) mass is 285 g/mol. The molecule has 0 aliphatic carbocycles. The largest absolute Gasteiger partial charge is 0.335 e. The number of amides is 1. The van der Waals surface area contributed by atoms with Crippen LogP contribution < -0.4 is 5.56 Å². The molecule has 0 saturated carbocycles. The minimum absolute atomic E-state index is 0.0385. The molecule has 2 aromatic heterocycles. The Morgan fingerprint density at radius 1 is 1.38 bits per heavy atom. The van der Waals surface area contributed by atoms with Crippen molar-refractivity contribution in [2.45, 2.75) is 19.4 Å². The van der Waals surface area contributed by atoms with E-state index in [0.717, 1.165) is 12.0 Å². The van der Waals surface area contributed by atoms with Crippen LogP contribution in [0.1, 0.15) is 35.3 Å². The predicted molar refractivity (Wildman–Crippen MR) is 81.0 cm³/mol. The molecule has 5 heteroatoms. The van der Waals surface area contributed by atoms with E-state index in [1.165, 1.54) is 10.6 Å². The van der Waals surface area contributed by atoms with Crippen molar-refractivity contribution in [3.05, 3.63) is 64.3 Å². The molecule has 1 unspecified atom stereocenters. The molecule has 0 aromatic carbocycles. The number of pyridine rings is 2. The first kappa shape index (κ1) is 15.0. The number of aromatic nitrogens is 2. The summed E-state index contributed by atoms with van der Waals surface area (Å²) in [5, 5.41) is 0. The number of hydrogen-bond donors (Lipinski definition) is 0. The van der Waals surface area contributed by atoms with Crippen molar-refractivity contribution in [1.29, 1.82) is 0 Å². The predicted octanol–water partition coefficient (Wildman–Crippen LogP) is 2.00. The first-order chi connectivity index (χ1) is 10.0. The fourth-order valence-corrected chi connectivity index (χ4v) is 2.37. The van der Waals surface area contributed by atoms with Crippen molar-refractivity contribution in [3.63, 3.8) is 0 Å². The number of hydrogen-bond acceptors (Lipinski definition) is 3. The van der Waals surface area contributed by atoms with Crippen LogP contribution in [0.5, 0.6) is 0 Å². The van der Waals surface area contributed by atoms with Gasteiger partial charge in [0.2, 0.25) is 5.56 Å². The molecular formula is C16H19N3O2. The van der Waals surface area contributed by atoms with Crippen LogP contribution in [0, 0.1) is 0 Å². The maximum absolute atomic E-state index is 12.6. The average Bonchev–Trinajstić information content (AvgIpc) is 2.51. The van der Waals surface area contributed by atoms with Gasteiger partial charge in [0.1, 0.15) is 0 Å². The van der Waals surface area contributed by atoms with Gasteiger partial charge in [-0.15, -0.1) is 0 Å². The molecule has 2 rings (SSSR count). The SMILES string of the molecule is CCC(c1cccnc1)N(C)C(=O)c1ccc(=O)n(C)c1. The fraction of sp³-hybridized carbons (Fsp3) is 0.312. The number of rotatable bonds is 4. The molecule has 0 aliphatic rings. The highest BCUT2D eigenvalue weighted by Gasteiger charge is 2.21. The van der Waals surface area contributed by atoms with Crippen molar-refractivity contribution < 1.29 is 4.79 Å². The summed E-state index contributed by atoms with van der Waals surface area (Å²) >= 11 is 0. The van der Waals surface area contributed by atoms with Crippen LogP contribution in [0.2, 0.25) is 0 Å². The average molecular weight is 285 g/mol. The van der Waals surface area contributed by atoms with Gasteiger partial charge in [0, 0.05) is 38.8 Å². The van der Waals surface area contributed by atoms with Crippen molar-refractivity contribution >= 4 is 5.91 Å². The van der Waals surface area contributed by atoms with Crippen LogP contribution >= 0.6 is 0 Å². The van der Waals surface area contributed by atoms with E-state index in [9.17, 15) is 9.59 Å². The topological polar surface area (TPSA) is 55.2 Å². The van der Waals surface area contributed by atoms with Gasteiger partial charge in [0.25, 0.3) is 5.91 Å². The van der Waals surface area contributed by atoms with Gasteiger partial charge >= 0.3 is 0 Å². The molecule has 2 heterocycles. The summed E-state index contributed by atoms with van der Waals surface area (Å²) in [7, 11) is 3.41. The van der Waals surface area contributed by atoms with E-state index in [-0.39, 0.29) is 17.5 Å². The molecule has 1 amide bonds. The zero-order valence-corrected chi connectivity index (χ0v) is 12.5. The lowest BCUT2D eigenvalue weighted by Crippen LogP contribution is -2.32. The van der Waals surface area contributed by atoms with E-state index >= 15 is 0 Å². The molecule has 0 saturated heterocycles. The second-order valence-electron chi connectivity index (χ2n) is 4.99. The first-order valence-electron chi connectivity index (χ1n) is 6.88. The minimum Gasteiger partial charge on any atom is -0.335 e. The van der Waals surface area contributed by atoms with E-state index in [1.807, 2.05) is 19.1 Å². The van der Waals surface area contributed by atoms with Crippen LogP contribution in [0.4, 0.5) is 0 Å². The third-order valence-electron chi connectivity index (χ3n) is 3.58. The summed E-state index contributed by atoms with van der Waals surface area (Å²) in [6.07, 6.45) is 5.85. The molecule has 0 aliphatic heterocycles. The van der Waals surface area contributed by atoms with E-state index < -0.39 is 0 Å². The maximum atomic E-state index is 12.6. The van der Waals surface area contributed by atoms with Crippen molar-refractivity contribution in [2.24, 2.45) is 7.05 Å². The second kappa shape index (κ2) is 6.35. The van der Waals surface area contributed by atoms with Crippen LogP contribution in [0.25, 0.3) is 0 Å². The highest BCUT2D eigenvalue weighted by molar-refractivity contribution is 5.94. The minimum atomic E-state index is -0.131. The van der Waals surface area contributed by atoms with E-state index in [0.29, 0.717) is 5.56 Å². The van der Waals surface area contributed by atoms with Crippen molar-refractivity contribution in [3.8, 4) is 0 Å². The van der Waals surface area contributed by atoms with Gasteiger partial charge in [-0.3, -0.25) is 14.6 Å². The third-order valence-corrected chi connectivity index (χ3v) is 3.58. The molecule has 21 heavy (non-hydrogen) atoms. The number of carbonyl (C=O) groups is 1. The summed E-state index contributed by atoms with van der Waals surface area (Å²) in [5.41, 5.74) is 1.37. The summed E-state index contributed by atoms with van der Waals surface area (Å²) in [6.45, 7) is 2.03. The summed E-state index contributed by atoms with van der Waals surface area (Å²) in [4.78, 5) is 29.8. The Balaban J connectivity index is 2.28. The number of aryl methyl sites for hydroxylation is 1. The van der Waals surface area contributed by atoms with E-state index in [2.05, 4.69) is 4.98 Å². The summed E-state index contributed by atoms with van der Waals surface area (Å²) in [5.74, 6) is -0.110. The molecule has 0 N–H and O–H groups in total. The van der Waals surface area contributed by atoms with Gasteiger partial charge in [-0.25, -0.2) is 0 Å². The Bertz CT molecular complexity index is 679. The van der Waals surface area contributed by atoms with Gasteiger partial charge in [0.05, 0.1) is 11.6 Å². The molecule has 0 bridgehead atoms. The van der Waals surface area contributed by atoms with Gasteiger partial charge < -0.3 is 9.47 Å². The smallest absolute Gasteiger partial charge is 0.255 e. The van der Waals surface area contributed by atoms with Gasteiger partial charge in [-0.05, 0) is 24.1 Å². The Kier molecular flexibility index (Phi) is 4.52. The molecule has 0 fully saturated rings. The zero-order chi connectivity index (χ0) is 15.4. The van der Waals surface area contributed by atoms with Gasteiger partial charge in [-0.2, -0.15) is 0 Å². The first-order valence-corrected chi connectivity index (χ1v) is 6.88. The van der Waals surface area contributed by atoms with E-state index in [4.69, 9.17) is 0 Å². The van der Waals surface area contributed by atoms with Crippen LogP contribution in [-0.4, -0.2) is 27.4 Å². The van der Waals surface area contributed by atoms with Crippen LogP contribution in [-0.2, 0) is 7.05 Å². The molecule has 0 spiro atoms. The Morgan fingerprint density at radius 3 is 2.71 bits per heavy atom. The van der Waals surface area contributed by atoms with Gasteiger partial charge in [-0.1, -0.05) is 13.0 Å². The van der Waals surface area contributed by atoms with Crippen molar-refractivity contribution in [2.75, 3.05) is 7.05 Å². The molecule has 1 atom stereocenters. The van der Waals surface area contributed by atoms with Crippen LogP contribution in [0.15, 0.2) is 47.7 Å². The molecular weight excluding hydrogens is 266 g/mol. The number of nitrogens with zero attached hydrogens (tertiary/aromatic N) is 3. The Labute approximate surface area is 123 Å². The molecule has 2 aromatic rings. The third kappa shape index (κ3) is 3.18. The van der Waals surface area contributed by atoms with E-state index in [1.54, 1.807) is 43.7 Å². The summed E-state index contributed by atoms with van der Waals surface area (Å²) < 4.78 is 1.41.